The lowest BCUT2D eigenvalue weighted by Crippen LogP contribution is -2.35. The molecule has 2 heteroatoms. The molecule has 0 aromatic heterocycles. The molecule has 0 aliphatic heterocycles. The first-order chi connectivity index (χ1) is 7.65. The molecule has 0 amide bonds. The molecule has 0 saturated carbocycles. The Kier molecular flexibility index (Phi) is 10.0. The third-order valence-electron chi connectivity index (χ3n) is 3.59. The Morgan fingerprint density at radius 2 is 1.69 bits per heavy atom. The molecule has 2 unspecified atom stereocenters. The largest absolute Gasteiger partial charge is 0.317 e. The van der Waals surface area contributed by atoms with Crippen LogP contribution in [-0.2, 0) is 0 Å². The number of nitrogens with one attached hydrogen (secondary N) is 1. The summed E-state index contributed by atoms with van der Waals surface area (Å²) in [7, 11) is 2.05. The van der Waals surface area contributed by atoms with Crippen LogP contribution in [0.4, 0.5) is 0 Å². The van der Waals surface area contributed by atoms with Crippen molar-refractivity contribution < 1.29 is 0 Å². The molecular formula is C14H32N2. The van der Waals surface area contributed by atoms with Crippen molar-refractivity contribution in [3.05, 3.63) is 0 Å². The Hall–Kier alpha value is -0.0800. The predicted octanol–water partition coefficient (Wildman–Crippen LogP) is 3.28. The highest BCUT2D eigenvalue weighted by Crippen LogP contribution is 2.08. The first-order valence-corrected chi connectivity index (χ1v) is 7.06. The zero-order chi connectivity index (χ0) is 12.4. The molecule has 0 spiro atoms. The molecule has 2 nitrogen and oxygen atoms in total. The standard InChI is InChI=1S/C14H32N2/c1-6-8-11-16(14(4)7-2)12-9-10-13(3)15-5/h13-15H,6-12H2,1-5H3. The van der Waals surface area contributed by atoms with Crippen LogP contribution in [0.25, 0.3) is 0 Å². The SMILES string of the molecule is CCCCN(CCCC(C)NC)C(C)CC. The summed E-state index contributed by atoms with van der Waals surface area (Å²) in [6.07, 6.45) is 6.52. The number of hydrogen-bond acceptors (Lipinski definition) is 2. The monoisotopic (exact) mass is 228 g/mol. The molecule has 0 saturated heterocycles. The molecule has 0 aliphatic rings. The molecule has 0 rings (SSSR count). The van der Waals surface area contributed by atoms with Crippen LogP contribution in [0.15, 0.2) is 0 Å². The van der Waals surface area contributed by atoms with Crippen LogP contribution in [0.2, 0.25) is 0 Å². The average molecular weight is 228 g/mol. The predicted molar refractivity (Wildman–Crippen MR) is 74.0 cm³/mol. The van der Waals surface area contributed by atoms with Crippen LogP contribution in [0.5, 0.6) is 0 Å². The molecule has 0 aromatic carbocycles. The van der Waals surface area contributed by atoms with Gasteiger partial charge in [0.1, 0.15) is 0 Å². The Bertz CT molecular complexity index is 148. The summed E-state index contributed by atoms with van der Waals surface area (Å²) in [6, 6.07) is 1.40. The van der Waals surface area contributed by atoms with E-state index in [-0.39, 0.29) is 0 Å². The summed E-state index contributed by atoms with van der Waals surface area (Å²) >= 11 is 0. The van der Waals surface area contributed by atoms with E-state index in [1.165, 1.54) is 45.2 Å². The third kappa shape index (κ3) is 7.24. The smallest absolute Gasteiger partial charge is 0.00643 e. The lowest BCUT2D eigenvalue weighted by molar-refractivity contribution is 0.195. The van der Waals surface area contributed by atoms with Crippen LogP contribution < -0.4 is 5.32 Å². The number of hydrogen-bond donors (Lipinski definition) is 1. The topological polar surface area (TPSA) is 15.3 Å². The molecule has 0 bridgehead atoms. The van der Waals surface area contributed by atoms with Crippen molar-refractivity contribution in [1.29, 1.82) is 0 Å². The fourth-order valence-corrected chi connectivity index (χ4v) is 1.92. The van der Waals surface area contributed by atoms with E-state index in [1.807, 2.05) is 7.05 Å². The summed E-state index contributed by atoms with van der Waals surface area (Å²) in [5, 5.41) is 3.31. The van der Waals surface area contributed by atoms with Gasteiger partial charge in [-0.15, -0.1) is 0 Å². The second kappa shape index (κ2) is 10.1. The van der Waals surface area contributed by atoms with Crippen LogP contribution in [0.1, 0.15) is 59.8 Å². The first-order valence-electron chi connectivity index (χ1n) is 7.06. The Balaban J connectivity index is 3.82. The van der Waals surface area contributed by atoms with E-state index in [9.17, 15) is 0 Å². The molecule has 2 atom stereocenters. The average Bonchev–Trinajstić information content (AvgIpc) is 2.32. The number of nitrogens with zero attached hydrogens (tertiary/aromatic N) is 1. The first kappa shape index (κ1) is 15.9. The minimum Gasteiger partial charge on any atom is -0.317 e. The van der Waals surface area contributed by atoms with Gasteiger partial charge in [0.2, 0.25) is 0 Å². The van der Waals surface area contributed by atoms with Gasteiger partial charge in [0.15, 0.2) is 0 Å². The Morgan fingerprint density at radius 1 is 1.06 bits per heavy atom. The maximum Gasteiger partial charge on any atom is 0.00643 e. The quantitative estimate of drug-likeness (QED) is 0.617. The number of unbranched alkanes of at least 4 members (excludes halogenated alkanes) is 1. The summed E-state index contributed by atoms with van der Waals surface area (Å²) < 4.78 is 0. The molecule has 0 aromatic rings. The lowest BCUT2D eigenvalue weighted by atomic mass is 10.1. The van der Waals surface area contributed by atoms with Gasteiger partial charge < -0.3 is 10.2 Å². The Morgan fingerprint density at radius 3 is 2.19 bits per heavy atom. The summed E-state index contributed by atoms with van der Waals surface area (Å²) in [4.78, 5) is 2.66. The summed E-state index contributed by atoms with van der Waals surface area (Å²) in [5.74, 6) is 0. The highest BCUT2D eigenvalue weighted by atomic mass is 15.1. The molecule has 0 fully saturated rings. The molecule has 0 radical (unpaired) electrons. The van der Waals surface area contributed by atoms with Crippen molar-refractivity contribution in [2.24, 2.45) is 0 Å². The van der Waals surface area contributed by atoms with E-state index < -0.39 is 0 Å². The molecule has 0 heterocycles. The van der Waals surface area contributed by atoms with Gasteiger partial charge in [0.25, 0.3) is 0 Å². The highest BCUT2D eigenvalue weighted by molar-refractivity contribution is 4.67. The van der Waals surface area contributed by atoms with E-state index in [4.69, 9.17) is 0 Å². The van der Waals surface area contributed by atoms with Crippen LogP contribution in [0.3, 0.4) is 0 Å². The van der Waals surface area contributed by atoms with Gasteiger partial charge in [-0.05, 0) is 59.7 Å². The molecule has 1 N–H and O–H groups in total. The van der Waals surface area contributed by atoms with Crippen molar-refractivity contribution >= 4 is 0 Å². The van der Waals surface area contributed by atoms with Crippen molar-refractivity contribution in [3.63, 3.8) is 0 Å². The van der Waals surface area contributed by atoms with E-state index >= 15 is 0 Å². The van der Waals surface area contributed by atoms with Gasteiger partial charge in [0, 0.05) is 12.1 Å². The van der Waals surface area contributed by atoms with Gasteiger partial charge in [-0.2, -0.15) is 0 Å². The maximum atomic E-state index is 3.31. The summed E-state index contributed by atoms with van der Waals surface area (Å²) in [6.45, 7) is 11.7. The molecule has 98 valence electrons. The molecule has 16 heavy (non-hydrogen) atoms. The zero-order valence-corrected chi connectivity index (χ0v) is 12.1. The number of rotatable bonds is 10. The normalized spacial score (nSPS) is 15.4. The summed E-state index contributed by atoms with van der Waals surface area (Å²) in [5.41, 5.74) is 0. The van der Waals surface area contributed by atoms with Crippen LogP contribution in [-0.4, -0.2) is 37.1 Å². The lowest BCUT2D eigenvalue weighted by Gasteiger charge is -2.28. The molecule has 0 aliphatic carbocycles. The Labute approximate surface area is 103 Å². The van der Waals surface area contributed by atoms with Gasteiger partial charge in [-0.1, -0.05) is 20.3 Å². The van der Waals surface area contributed by atoms with E-state index in [0.717, 1.165) is 6.04 Å². The van der Waals surface area contributed by atoms with Crippen molar-refractivity contribution in [2.45, 2.75) is 71.9 Å². The highest BCUT2D eigenvalue weighted by Gasteiger charge is 2.11. The third-order valence-corrected chi connectivity index (χ3v) is 3.59. The van der Waals surface area contributed by atoms with Gasteiger partial charge >= 0.3 is 0 Å². The zero-order valence-electron chi connectivity index (χ0n) is 12.1. The van der Waals surface area contributed by atoms with Gasteiger partial charge in [-0.25, -0.2) is 0 Å². The van der Waals surface area contributed by atoms with Crippen molar-refractivity contribution in [1.82, 2.24) is 10.2 Å². The van der Waals surface area contributed by atoms with Crippen LogP contribution in [0, 0.1) is 0 Å². The fraction of sp³-hybridized carbons (Fsp3) is 1.00. The molecular weight excluding hydrogens is 196 g/mol. The minimum atomic E-state index is 0.657. The second-order valence-electron chi connectivity index (χ2n) is 4.98. The van der Waals surface area contributed by atoms with Gasteiger partial charge in [-0.3, -0.25) is 0 Å². The van der Waals surface area contributed by atoms with Crippen molar-refractivity contribution in [3.8, 4) is 0 Å². The van der Waals surface area contributed by atoms with E-state index in [2.05, 4.69) is 37.9 Å². The second-order valence-corrected chi connectivity index (χ2v) is 4.98. The fourth-order valence-electron chi connectivity index (χ4n) is 1.92. The van der Waals surface area contributed by atoms with Crippen molar-refractivity contribution in [2.75, 3.05) is 20.1 Å². The minimum absolute atomic E-state index is 0.657. The van der Waals surface area contributed by atoms with E-state index in [0.29, 0.717) is 6.04 Å². The maximum absolute atomic E-state index is 3.31. The van der Waals surface area contributed by atoms with Crippen LogP contribution >= 0.6 is 0 Å². The van der Waals surface area contributed by atoms with E-state index in [1.54, 1.807) is 0 Å². The van der Waals surface area contributed by atoms with Gasteiger partial charge in [0.05, 0.1) is 0 Å².